The minimum atomic E-state index is 0.0332. The zero-order chi connectivity index (χ0) is 16.8. The summed E-state index contributed by atoms with van der Waals surface area (Å²) in [6.07, 6.45) is 2.69. The number of benzene rings is 1. The van der Waals surface area contributed by atoms with Crippen LogP contribution in [0.3, 0.4) is 0 Å². The lowest BCUT2D eigenvalue weighted by Gasteiger charge is -2.10. The van der Waals surface area contributed by atoms with Crippen molar-refractivity contribution in [3.05, 3.63) is 35.7 Å². The maximum absolute atomic E-state index is 11.9. The van der Waals surface area contributed by atoms with Crippen molar-refractivity contribution in [2.24, 2.45) is 5.92 Å². The molecular weight excluding hydrogens is 308 g/mol. The van der Waals surface area contributed by atoms with Crippen molar-refractivity contribution in [1.29, 1.82) is 0 Å². The Bertz CT molecular complexity index is 666. The second-order valence-electron chi connectivity index (χ2n) is 6.09. The van der Waals surface area contributed by atoms with Crippen molar-refractivity contribution in [2.75, 3.05) is 12.3 Å². The summed E-state index contributed by atoms with van der Waals surface area (Å²) in [6.45, 7) is 9.15. The second-order valence-corrected chi connectivity index (χ2v) is 7.04. The number of carbonyl (C=O) groups is 1. The molecule has 0 saturated carbocycles. The molecule has 1 N–H and O–H groups in total. The van der Waals surface area contributed by atoms with Gasteiger partial charge in [0.25, 0.3) is 0 Å². The highest BCUT2D eigenvalue weighted by Crippen LogP contribution is 2.22. The van der Waals surface area contributed by atoms with Gasteiger partial charge < -0.3 is 5.32 Å². The molecule has 1 heterocycles. The lowest BCUT2D eigenvalue weighted by Crippen LogP contribution is -2.27. The summed E-state index contributed by atoms with van der Waals surface area (Å²) in [4.78, 5) is 11.9. The SMILES string of the molecule is Cc1ccc(-n2cnnc2SCC(=O)NCCC(C)C)c(C)c1. The summed E-state index contributed by atoms with van der Waals surface area (Å²) >= 11 is 1.41. The molecule has 0 bridgehead atoms. The monoisotopic (exact) mass is 332 g/mol. The Morgan fingerprint density at radius 3 is 2.83 bits per heavy atom. The molecule has 0 aliphatic carbocycles. The maximum Gasteiger partial charge on any atom is 0.230 e. The molecular formula is C17H24N4OS. The summed E-state index contributed by atoms with van der Waals surface area (Å²) in [5.41, 5.74) is 3.43. The van der Waals surface area contributed by atoms with Crippen LogP contribution in [0.2, 0.25) is 0 Å². The predicted molar refractivity (Wildman–Crippen MR) is 94.0 cm³/mol. The number of hydrogen-bond donors (Lipinski definition) is 1. The minimum Gasteiger partial charge on any atom is -0.355 e. The van der Waals surface area contributed by atoms with E-state index in [1.807, 2.05) is 4.57 Å². The zero-order valence-electron chi connectivity index (χ0n) is 14.2. The lowest BCUT2D eigenvalue weighted by molar-refractivity contribution is -0.118. The maximum atomic E-state index is 11.9. The van der Waals surface area contributed by atoms with Gasteiger partial charge in [-0.2, -0.15) is 0 Å². The van der Waals surface area contributed by atoms with E-state index in [2.05, 4.69) is 61.4 Å². The fourth-order valence-corrected chi connectivity index (χ4v) is 3.00. The molecule has 0 unspecified atom stereocenters. The summed E-state index contributed by atoms with van der Waals surface area (Å²) < 4.78 is 1.93. The fraction of sp³-hybridized carbons (Fsp3) is 0.471. The summed E-state index contributed by atoms with van der Waals surface area (Å²) in [6, 6.07) is 6.25. The molecule has 1 amide bonds. The third-order valence-corrected chi connectivity index (χ3v) is 4.45. The van der Waals surface area contributed by atoms with Crippen LogP contribution in [0, 0.1) is 19.8 Å². The Kier molecular flexibility index (Phi) is 6.21. The molecule has 1 aromatic heterocycles. The van der Waals surface area contributed by atoms with Gasteiger partial charge in [-0.05, 0) is 37.8 Å². The highest BCUT2D eigenvalue weighted by Gasteiger charge is 2.11. The molecule has 124 valence electrons. The van der Waals surface area contributed by atoms with Gasteiger partial charge in [-0.1, -0.05) is 43.3 Å². The average molecular weight is 332 g/mol. The van der Waals surface area contributed by atoms with E-state index < -0.39 is 0 Å². The van der Waals surface area contributed by atoms with E-state index in [4.69, 9.17) is 0 Å². The van der Waals surface area contributed by atoms with Crippen molar-refractivity contribution in [3.63, 3.8) is 0 Å². The number of nitrogens with zero attached hydrogens (tertiary/aromatic N) is 3. The van der Waals surface area contributed by atoms with Crippen molar-refractivity contribution in [1.82, 2.24) is 20.1 Å². The molecule has 0 aliphatic rings. The van der Waals surface area contributed by atoms with Crippen molar-refractivity contribution in [2.45, 2.75) is 39.3 Å². The molecule has 2 rings (SSSR count). The number of amides is 1. The molecule has 6 heteroatoms. The number of nitrogens with one attached hydrogen (secondary N) is 1. The molecule has 23 heavy (non-hydrogen) atoms. The normalized spacial score (nSPS) is 11.0. The standard InChI is InChI=1S/C17H24N4OS/c1-12(2)7-8-18-16(22)10-23-17-20-19-11-21(17)15-6-5-13(3)9-14(15)4/h5-6,9,11-12H,7-8,10H2,1-4H3,(H,18,22). The lowest BCUT2D eigenvalue weighted by atomic mass is 10.1. The molecule has 0 aliphatic heterocycles. The van der Waals surface area contributed by atoms with Gasteiger partial charge in [-0.15, -0.1) is 10.2 Å². The average Bonchev–Trinajstić information content (AvgIpc) is 2.93. The Hall–Kier alpha value is -1.82. The molecule has 5 nitrogen and oxygen atoms in total. The van der Waals surface area contributed by atoms with Gasteiger partial charge in [0.1, 0.15) is 6.33 Å². The number of aryl methyl sites for hydroxylation is 2. The fourth-order valence-electron chi connectivity index (χ4n) is 2.25. The highest BCUT2D eigenvalue weighted by molar-refractivity contribution is 7.99. The van der Waals surface area contributed by atoms with Gasteiger partial charge in [0.05, 0.1) is 11.4 Å². The molecule has 0 atom stereocenters. The van der Waals surface area contributed by atoms with E-state index in [1.54, 1.807) is 6.33 Å². The molecule has 1 aromatic carbocycles. The van der Waals surface area contributed by atoms with Gasteiger partial charge in [0.15, 0.2) is 5.16 Å². The first-order valence-corrected chi connectivity index (χ1v) is 8.83. The number of hydrogen-bond acceptors (Lipinski definition) is 4. The largest absolute Gasteiger partial charge is 0.355 e. The van der Waals surface area contributed by atoms with E-state index in [0.29, 0.717) is 11.7 Å². The van der Waals surface area contributed by atoms with Crippen LogP contribution in [-0.2, 0) is 4.79 Å². The second kappa shape index (κ2) is 8.15. The molecule has 0 saturated heterocycles. The van der Waals surface area contributed by atoms with Crippen molar-refractivity contribution in [3.8, 4) is 5.69 Å². The van der Waals surface area contributed by atoms with E-state index in [-0.39, 0.29) is 5.91 Å². The molecule has 0 fully saturated rings. The third-order valence-electron chi connectivity index (χ3n) is 3.50. The number of carbonyl (C=O) groups excluding carboxylic acids is 1. The van der Waals surface area contributed by atoms with Crippen LogP contribution in [0.4, 0.5) is 0 Å². The van der Waals surface area contributed by atoms with Crippen LogP contribution < -0.4 is 5.32 Å². The minimum absolute atomic E-state index is 0.0332. The first-order valence-electron chi connectivity index (χ1n) is 7.84. The van der Waals surface area contributed by atoms with Crippen LogP contribution in [0.1, 0.15) is 31.4 Å². The highest BCUT2D eigenvalue weighted by atomic mass is 32.2. The van der Waals surface area contributed by atoms with E-state index in [0.717, 1.165) is 29.4 Å². The van der Waals surface area contributed by atoms with Gasteiger partial charge in [0.2, 0.25) is 5.91 Å². The van der Waals surface area contributed by atoms with Crippen LogP contribution in [-0.4, -0.2) is 33.0 Å². The summed E-state index contributed by atoms with van der Waals surface area (Å²) in [7, 11) is 0. The van der Waals surface area contributed by atoms with Crippen LogP contribution >= 0.6 is 11.8 Å². The summed E-state index contributed by atoms with van der Waals surface area (Å²) in [5, 5.41) is 11.8. The Labute approximate surface area is 141 Å². The summed E-state index contributed by atoms with van der Waals surface area (Å²) in [5.74, 6) is 0.975. The van der Waals surface area contributed by atoms with Crippen molar-refractivity contribution < 1.29 is 4.79 Å². The van der Waals surface area contributed by atoms with E-state index in [1.165, 1.54) is 17.3 Å². The first kappa shape index (κ1) is 17.5. The Balaban J connectivity index is 1.97. The zero-order valence-corrected chi connectivity index (χ0v) is 15.0. The van der Waals surface area contributed by atoms with Gasteiger partial charge >= 0.3 is 0 Å². The van der Waals surface area contributed by atoms with Gasteiger partial charge in [0, 0.05) is 6.54 Å². The Morgan fingerprint density at radius 1 is 1.35 bits per heavy atom. The van der Waals surface area contributed by atoms with Crippen LogP contribution in [0.15, 0.2) is 29.7 Å². The van der Waals surface area contributed by atoms with Crippen LogP contribution in [0.25, 0.3) is 5.69 Å². The molecule has 0 spiro atoms. The number of aromatic nitrogens is 3. The topological polar surface area (TPSA) is 59.8 Å². The number of rotatable bonds is 7. The smallest absolute Gasteiger partial charge is 0.230 e. The van der Waals surface area contributed by atoms with Crippen molar-refractivity contribution >= 4 is 17.7 Å². The molecule has 2 aromatic rings. The predicted octanol–water partition coefficient (Wildman–Crippen LogP) is 3.14. The molecule has 0 radical (unpaired) electrons. The van der Waals surface area contributed by atoms with Gasteiger partial charge in [-0.25, -0.2) is 0 Å². The third kappa shape index (κ3) is 5.10. The van der Waals surface area contributed by atoms with Gasteiger partial charge in [-0.3, -0.25) is 9.36 Å². The van der Waals surface area contributed by atoms with E-state index >= 15 is 0 Å². The van der Waals surface area contributed by atoms with E-state index in [9.17, 15) is 4.79 Å². The quantitative estimate of drug-likeness (QED) is 0.791. The number of thioether (sulfide) groups is 1. The first-order chi connectivity index (χ1) is 11.0. The van der Waals surface area contributed by atoms with Crippen LogP contribution in [0.5, 0.6) is 0 Å². The Morgan fingerprint density at radius 2 is 2.13 bits per heavy atom.